The van der Waals surface area contributed by atoms with Gasteiger partial charge in [-0.3, -0.25) is 4.98 Å². The summed E-state index contributed by atoms with van der Waals surface area (Å²) in [5.74, 6) is 0. The molecule has 1 aliphatic rings. The lowest BCUT2D eigenvalue weighted by molar-refractivity contribution is 0.186. The molecule has 4 rings (SSSR count). The van der Waals surface area contributed by atoms with E-state index in [1.807, 2.05) is 18.3 Å². The Morgan fingerprint density at radius 1 is 1.10 bits per heavy atom. The van der Waals surface area contributed by atoms with Crippen LogP contribution in [-0.2, 0) is 11.3 Å². The van der Waals surface area contributed by atoms with Crippen LogP contribution >= 0.6 is 12.2 Å². The van der Waals surface area contributed by atoms with E-state index in [0.29, 0.717) is 6.61 Å². The number of hydrogen-bond donors (Lipinski definition) is 1. The van der Waals surface area contributed by atoms with Gasteiger partial charge in [0.15, 0.2) is 5.11 Å². The van der Waals surface area contributed by atoms with Crippen molar-refractivity contribution in [3.8, 4) is 0 Å². The van der Waals surface area contributed by atoms with Crippen molar-refractivity contribution in [2.24, 2.45) is 0 Å². The molecule has 2 aromatic heterocycles. The third-order valence-corrected chi connectivity index (χ3v) is 6.18. The smallest absolute Gasteiger partial charge is 0.174 e. The molecule has 1 aromatic carbocycles. The summed E-state index contributed by atoms with van der Waals surface area (Å²) in [6.07, 6.45) is 1.84. The number of methoxy groups -OCH3 is 1. The van der Waals surface area contributed by atoms with Crippen LogP contribution in [0.3, 0.4) is 0 Å². The minimum absolute atomic E-state index is 0.0117. The topological polar surface area (TPSA) is 42.3 Å². The van der Waals surface area contributed by atoms with Gasteiger partial charge < -0.3 is 19.5 Å². The first-order valence-corrected chi connectivity index (χ1v) is 10.6. The molecule has 0 bridgehead atoms. The number of nitrogens with zero attached hydrogens (tertiary/aromatic N) is 3. The number of anilines is 1. The predicted octanol–water partition coefficient (Wildman–Crippen LogP) is 4.63. The van der Waals surface area contributed by atoms with E-state index in [1.165, 1.54) is 22.5 Å². The summed E-state index contributed by atoms with van der Waals surface area (Å²) < 4.78 is 7.65. The Kier molecular flexibility index (Phi) is 5.88. The highest BCUT2D eigenvalue weighted by Gasteiger charge is 2.42. The Morgan fingerprint density at radius 3 is 2.53 bits per heavy atom. The molecule has 0 radical (unpaired) electrons. The third-order valence-electron chi connectivity index (χ3n) is 5.86. The summed E-state index contributed by atoms with van der Waals surface area (Å²) >= 11 is 5.82. The molecule has 3 heterocycles. The first kappa shape index (κ1) is 20.6. The van der Waals surface area contributed by atoms with Crippen molar-refractivity contribution >= 4 is 23.0 Å². The normalized spacial score (nSPS) is 18.7. The van der Waals surface area contributed by atoms with E-state index >= 15 is 0 Å². The maximum absolute atomic E-state index is 5.82. The fourth-order valence-corrected chi connectivity index (χ4v) is 4.65. The van der Waals surface area contributed by atoms with Gasteiger partial charge in [0, 0.05) is 36.9 Å². The average molecular weight is 421 g/mol. The predicted molar refractivity (Wildman–Crippen MR) is 125 cm³/mol. The van der Waals surface area contributed by atoms with Crippen LogP contribution in [0.2, 0.25) is 0 Å². The molecule has 0 saturated carbocycles. The summed E-state index contributed by atoms with van der Waals surface area (Å²) in [7, 11) is 1.74. The van der Waals surface area contributed by atoms with E-state index in [9.17, 15) is 0 Å². The zero-order chi connectivity index (χ0) is 21.3. The van der Waals surface area contributed by atoms with Crippen LogP contribution < -0.4 is 10.2 Å². The van der Waals surface area contributed by atoms with E-state index < -0.39 is 0 Å². The van der Waals surface area contributed by atoms with Gasteiger partial charge in [-0.25, -0.2) is 0 Å². The summed E-state index contributed by atoms with van der Waals surface area (Å²) in [4.78, 5) is 6.88. The number of pyridine rings is 1. The van der Waals surface area contributed by atoms with Crippen LogP contribution in [-0.4, -0.2) is 28.4 Å². The summed E-state index contributed by atoms with van der Waals surface area (Å²) in [6.45, 7) is 7.95. The first-order chi connectivity index (χ1) is 14.5. The lowest BCUT2D eigenvalue weighted by Crippen LogP contribution is -2.29. The molecule has 0 unspecified atom stereocenters. The number of aryl methyl sites for hydroxylation is 2. The number of nitrogens with one attached hydrogen (secondary N) is 1. The summed E-state index contributed by atoms with van der Waals surface area (Å²) in [5.41, 5.74) is 7.02. The largest absolute Gasteiger partial charge is 0.383 e. The standard InChI is InChI=1S/C24H28N4OS/c1-16-8-10-19(11-9-16)28-23(20-15-17(2)27(18(20)3)13-14-29-4)22(26-24(28)30)21-7-5-6-12-25-21/h5-12,15,22-23H,13-14H2,1-4H3,(H,26,30)/t22-,23-/m0/s1. The number of thiocarbonyl (C=S) groups is 1. The number of hydrogen-bond acceptors (Lipinski definition) is 3. The van der Waals surface area contributed by atoms with Gasteiger partial charge in [-0.05, 0) is 68.9 Å². The fraction of sp³-hybridized carbons (Fsp3) is 0.333. The molecule has 1 saturated heterocycles. The van der Waals surface area contributed by atoms with Gasteiger partial charge in [0.25, 0.3) is 0 Å². The zero-order valence-electron chi connectivity index (χ0n) is 17.9. The molecule has 6 heteroatoms. The molecule has 0 spiro atoms. The molecule has 3 aromatic rings. The Hall–Kier alpha value is -2.70. The van der Waals surface area contributed by atoms with Crippen LogP contribution in [0, 0.1) is 20.8 Å². The molecular formula is C24H28N4OS. The summed E-state index contributed by atoms with van der Waals surface area (Å²) in [5, 5.41) is 4.27. The number of benzene rings is 1. The van der Waals surface area contributed by atoms with Crippen molar-refractivity contribution in [2.75, 3.05) is 18.6 Å². The van der Waals surface area contributed by atoms with Crippen LogP contribution in [0.1, 0.15) is 40.3 Å². The van der Waals surface area contributed by atoms with Crippen molar-refractivity contribution in [1.29, 1.82) is 0 Å². The monoisotopic (exact) mass is 420 g/mol. The molecule has 30 heavy (non-hydrogen) atoms. The van der Waals surface area contributed by atoms with Gasteiger partial charge in [0.1, 0.15) is 0 Å². The van der Waals surface area contributed by atoms with Gasteiger partial charge >= 0.3 is 0 Å². The van der Waals surface area contributed by atoms with Gasteiger partial charge in [0.05, 0.1) is 24.4 Å². The second-order valence-electron chi connectivity index (χ2n) is 7.80. The van der Waals surface area contributed by atoms with Crippen LogP contribution in [0.4, 0.5) is 5.69 Å². The maximum Gasteiger partial charge on any atom is 0.174 e. The Morgan fingerprint density at radius 2 is 1.87 bits per heavy atom. The van der Waals surface area contributed by atoms with Crippen molar-refractivity contribution in [2.45, 2.75) is 39.4 Å². The highest BCUT2D eigenvalue weighted by molar-refractivity contribution is 7.80. The molecule has 2 atom stereocenters. The quantitative estimate of drug-likeness (QED) is 0.589. The molecule has 1 fully saturated rings. The van der Waals surface area contributed by atoms with Gasteiger partial charge in [-0.1, -0.05) is 23.8 Å². The first-order valence-electron chi connectivity index (χ1n) is 10.2. The second kappa shape index (κ2) is 8.58. The van der Waals surface area contributed by atoms with Gasteiger partial charge in [-0.2, -0.15) is 0 Å². The van der Waals surface area contributed by atoms with Gasteiger partial charge in [0.2, 0.25) is 0 Å². The third kappa shape index (κ3) is 3.73. The average Bonchev–Trinajstić information content (AvgIpc) is 3.23. The number of ether oxygens (including phenoxy) is 1. The van der Waals surface area contributed by atoms with Crippen LogP contribution in [0.25, 0.3) is 0 Å². The van der Waals surface area contributed by atoms with E-state index in [0.717, 1.165) is 23.0 Å². The van der Waals surface area contributed by atoms with Gasteiger partial charge in [-0.15, -0.1) is 0 Å². The summed E-state index contributed by atoms with van der Waals surface area (Å²) in [6, 6.07) is 16.8. The molecule has 1 aliphatic heterocycles. The highest BCUT2D eigenvalue weighted by Crippen LogP contribution is 2.43. The van der Waals surface area contributed by atoms with E-state index in [2.05, 4.69) is 76.9 Å². The molecule has 1 N–H and O–H groups in total. The van der Waals surface area contributed by atoms with Crippen molar-refractivity contribution in [3.05, 3.63) is 82.9 Å². The molecular weight excluding hydrogens is 392 g/mol. The van der Waals surface area contributed by atoms with E-state index in [-0.39, 0.29) is 12.1 Å². The SMILES string of the molecule is COCCn1c(C)cc([C@H]2[C@H](c3ccccn3)NC(=S)N2c2ccc(C)cc2)c1C. The number of aromatic nitrogens is 2. The maximum atomic E-state index is 5.82. The zero-order valence-corrected chi connectivity index (χ0v) is 18.7. The lowest BCUT2D eigenvalue weighted by atomic mass is 9.96. The molecule has 156 valence electrons. The van der Waals surface area contributed by atoms with E-state index in [1.54, 1.807) is 7.11 Å². The van der Waals surface area contributed by atoms with Crippen LogP contribution in [0.15, 0.2) is 54.7 Å². The number of rotatable bonds is 6. The van der Waals surface area contributed by atoms with E-state index in [4.69, 9.17) is 17.0 Å². The fourth-order valence-electron chi connectivity index (χ4n) is 4.31. The molecule has 0 amide bonds. The van der Waals surface area contributed by atoms with Crippen molar-refractivity contribution < 1.29 is 4.74 Å². The van der Waals surface area contributed by atoms with Crippen LogP contribution in [0.5, 0.6) is 0 Å². The van der Waals surface area contributed by atoms with Crippen molar-refractivity contribution in [1.82, 2.24) is 14.9 Å². The molecule has 0 aliphatic carbocycles. The Bertz CT molecular complexity index is 1030. The molecule has 5 nitrogen and oxygen atoms in total. The Balaban J connectivity index is 1.83. The second-order valence-corrected chi connectivity index (χ2v) is 8.19. The minimum Gasteiger partial charge on any atom is -0.383 e. The minimum atomic E-state index is -0.0311. The Labute approximate surface area is 183 Å². The van der Waals surface area contributed by atoms with Crippen molar-refractivity contribution in [3.63, 3.8) is 0 Å². The highest BCUT2D eigenvalue weighted by atomic mass is 32.1. The lowest BCUT2D eigenvalue weighted by Gasteiger charge is -2.28.